The molecule has 0 radical (unpaired) electrons. The summed E-state index contributed by atoms with van der Waals surface area (Å²) >= 11 is 0. The molecule has 2 aromatic rings. The van der Waals surface area contributed by atoms with Crippen molar-refractivity contribution < 1.29 is 9.18 Å². The minimum absolute atomic E-state index is 0.0285. The highest BCUT2D eigenvalue weighted by Crippen LogP contribution is 2.17. The molecule has 0 aliphatic carbocycles. The van der Waals surface area contributed by atoms with E-state index < -0.39 is 0 Å². The van der Waals surface area contributed by atoms with Gasteiger partial charge >= 0.3 is 0 Å². The van der Waals surface area contributed by atoms with Gasteiger partial charge in [0.25, 0.3) is 0 Å². The van der Waals surface area contributed by atoms with E-state index in [0.717, 1.165) is 12.0 Å². The lowest BCUT2D eigenvalue weighted by Crippen LogP contribution is -2.28. The van der Waals surface area contributed by atoms with Crippen molar-refractivity contribution in [2.45, 2.75) is 38.8 Å². The molecule has 0 aliphatic rings. The Morgan fingerprint density at radius 1 is 1.38 bits per heavy atom. The largest absolute Gasteiger partial charge is 0.349 e. The standard InChI is InChI=1S/C14H18FN5O/c1-2-13(11-5-7-12(15)8-6-11)17-14(21)4-3-9-20-10-16-18-19-20/h5-8,10,13H,2-4,9H2,1H3,(H,17,21)/t13-/m0/s1. The van der Waals surface area contributed by atoms with Gasteiger partial charge in [-0.05, 0) is 41.0 Å². The number of hydrogen-bond donors (Lipinski definition) is 1. The first kappa shape index (κ1) is 15.1. The summed E-state index contributed by atoms with van der Waals surface area (Å²) in [5.41, 5.74) is 0.910. The summed E-state index contributed by atoms with van der Waals surface area (Å²) < 4.78 is 14.5. The van der Waals surface area contributed by atoms with E-state index in [1.54, 1.807) is 16.8 Å². The molecule has 0 saturated carbocycles. The van der Waals surface area contributed by atoms with Crippen molar-refractivity contribution in [3.63, 3.8) is 0 Å². The first-order valence-electron chi connectivity index (χ1n) is 6.94. The van der Waals surface area contributed by atoms with Crippen LogP contribution in [0.25, 0.3) is 0 Å². The van der Waals surface area contributed by atoms with Crippen LogP contribution < -0.4 is 5.32 Å². The minimum Gasteiger partial charge on any atom is -0.349 e. The lowest BCUT2D eigenvalue weighted by atomic mass is 10.0. The molecule has 0 aliphatic heterocycles. The summed E-state index contributed by atoms with van der Waals surface area (Å²) in [5, 5.41) is 13.8. The Morgan fingerprint density at radius 3 is 2.76 bits per heavy atom. The smallest absolute Gasteiger partial charge is 0.220 e. The zero-order chi connectivity index (χ0) is 15.1. The molecule has 1 aromatic heterocycles. The summed E-state index contributed by atoms with van der Waals surface area (Å²) in [6, 6.07) is 6.12. The van der Waals surface area contributed by atoms with Gasteiger partial charge in [-0.2, -0.15) is 0 Å². The molecule has 0 unspecified atom stereocenters. The highest BCUT2D eigenvalue weighted by Gasteiger charge is 2.12. The van der Waals surface area contributed by atoms with Crippen LogP contribution >= 0.6 is 0 Å². The maximum absolute atomic E-state index is 12.9. The zero-order valence-electron chi connectivity index (χ0n) is 11.9. The third-order valence-electron chi connectivity index (χ3n) is 3.20. The third kappa shape index (κ3) is 4.62. The number of nitrogens with zero attached hydrogens (tertiary/aromatic N) is 4. The van der Waals surface area contributed by atoms with Crippen molar-refractivity contribution in [1.29, 1.82) is 0 Å². The van der Waals surface area contributed by atoms with Crippen molar-refractivity contribution in [1.82, 2.24) is 25.5 Å². The molecule has 2 rings (SSSR count). The fourth-order valence-electron chi connectivity index (χ4n) is 2.07. The van der Waals surface area contributed by atoms with Gasteiger partial charge in [0.1, 0.15) is 12.1 Å². The zero-order valence-corrected chi connectivity index (χ0v) is 11.9. The number of benzene rings is 1. The molecule has 0 saturated heterocycles. The van der Waals surface area contributed by atoms with Crippen LogP contribution in [0.2, 0.25) is 0 Å². The van der Waals surface area contributed by atoms with E-state index in [4.69, 9.17) is 0 Å². The van der Waals surface area contributed by atoms with Crippen LogP contribution in [0, 0.1) is 5.82 Å². The topological polar surface area (TPSA) is 72.7 Å². The molecule has 1 N–H and O–H groups in total. The number of amides is 1. The second kappa shape index (κ2) is 7.47. The predicted molar refractivity (Wildman–Crippen MR) is 74.6 cm³/mol. The average Bonchev–Trinajstić information content (AvgIpc) is 2.99. The molecular weight excluding hydrogens is 273 g/mol. The number of hydrogen-bond acceptors (Lipinski definition) is 4. The summed E-state index contributed by atoms with van der Waals surface area (Å²) in [7, 11) is 0. The molecule has 112 valence electrons. The first-order valence-corrected chi connectivity index (χ1v) is 6.94. The second-order valence-corrected chi connectivity index (χ2v) is 4.76. The fraction of sp³-hybridized carbons (Fsp3) is 0.429. The summed E-state index contributed by atoms with van der Waals surface area (Å²) in [5.74, 6) is -0.305. The van der Waals surface area contributed by atoms with E-state index >= 15 is 0 Å². The van der Waals surface area contributed by atoms with Gasteiger partial charge in [0, 0.05) is 13.0 Å². The average molecular weight is 291 g/mol. The maximum atomic E-state index is 12.9. The number of halogens is 1. The quantitative estimate of drug-likeness (QED) is 0.845. The molecule has 0 spiro atoms. The van der Waals surface area contributed by atoms with Gasteiger partial charge in [0.2, 0.25) is 5.91 Å². The van der Waals surface area contributed by atoms with Gasteiger partial charge in [0.05, 0.1) is 6.04 Å². The first-order chi connectivity index (χ1) is 10.2. The normalized spacial score (nSPS) is 12.1. The highest BCUT2D eigenvalue weighted by atomic mass is 19.1. The molecule has 1 amide bonds. The number of tetrazole rings is 1. The lowest BCUT2D eigenvalue weighted by molar-refractivity contribution is -0.122. The Balaban J connectivity index is 1.80. The fourth-order valence-corrected chi connectivity index (χ4v) is 2.07. The Hall–Kier alpha value is -2.31. The van der Waals surface area contributed by atoms with E-state index in [1.807, 2.05) is 6.92 Å². The highest BCUT2D eigenvalue weighted by molar-refractivity contribution is 5.76. The van der Waals surface area contributed by atoms with Crippen LogP contribution in [0.4, 0.5) is 4.39 Å². The van der Waals surface area contributed by atoms with Crippen molar-refractivity contribution >= 4 is 5.91 Å². The molecule has 1 atom stereocenters. The SMILES string of the molecule is CC[C@H](NC(=O)CCCn1cnnn1)c1ccc(F)cc1. The van der Waals surface area contributed by atoms with E-state index in [0.29, 0.717) is 19.4 Å². The van der Waals surface area contributed by atoms with Crippen LogP contribution in [-0.2, 0) is 11.3 Å². The van der Waals surface area contributed by atoms with Crippen LogP contribution in [0.15, 0.2) is 30.6 Å². The molecule has 21 heavy (non-hydrogen) atoms. The van der Waals surface area contributed by atoms with Crippen LogP contribution in [0.5, 0.6) is 0 Å². The number of carbonyl (C=O) groups excluding carboxylic acids is 1. The summed E-state index contributed by atoms with van der Waals surface area (Å²) in [4.78, 5) is 11.9. The number of rotatable bonds is 7. The Kier molecular flexibility index (Phi) is 5.36. The van der Waals surface area contributed by atoms with Gasteiger partial charge in [-0.1, -0.05) is 19.1 Å². The molecule has 7 heteroatoms. The number of aryl methyl sites for hydroxylation is 1. The van der Waals surface area contributed by atoms with Crippen LogP contribution in [0.1, 0.15) is 37.8 Å². The predicted octanol–water partition coefficient (Wildman–Crippen LogP) is 1.86. The van der Waals surface area contributed by atoms with Crippen LogP contribution in [0.3, 0.4) is 0 Å². The van der Waals surface area contributed by atoms with Crippen molar-refractivity contribution in [2.75, 3.05) is 0 Å². The van der Waals surface area contributed by atoms with Gasteiger partial charge < -0.3 is 5.32 Å². The van der Waals surface area contributed by atoms with Gasteiger partial charge in [0.15, 0.2) is 0 Å². The van der Waals surface area contributed by atoms with E-state index in [-0.39, 0.29) is 17.8 Å². The summed E-state index contributed by atoms with van der Waals surface area (Å²) in [6.07, 6.45) is 3.34. The summed E-state index contributed by atoms with van der Waals surface area (Å²) in [6.45, 7) is 2.59. The van der Waals surface area contributed by atoms with E-state index in [1.165, 1.54) is 18.5 Å². The van der Waals surface area contributed by atoms with Crippen LogP contribution in [-0.4, -0.2) is 26.1 Å². The van der Waals surface area contributed by atoms with Gasteiger partial charge in [-0.25, -0.2) is 9.07 Å². The van der Waals surface area contributed by atoms with Crippen molar-refractivity contribution in [2.24, 2.45) is 0 Å². The number of nitrogens with one attached hydrogen (secondary N) is 1. The Morgan fingerprint density at radius 2 is 2.14 bits per heavy atom. The monoisotopic (exact) mass is 291 g/mol. The molecule has 1 heterocycles. The molecular formula is C14H18FN5O. The molecule has 0 fully saturated rings. The van der Waals surface area contributed by atoms with Gasteiger partial charge in [-0.15, -0.1) is 5.10 Å². The molecule has 0 bridgehead atoms. The van der Waals surface area contributed by atoms with E-state index in [2.05, 4.69) is 20.8 Å². The van der Waals surface area contributed by atoms with Gasteiger partial charge in [-0.3, -0.25) is 4.79 Å². The lowest BCUT2D eigenvalue weighted by Gasteiger charge is -2.17. The third-order valence-corrected chi connectivity index (χ3v) is 3.20. The molecule has 1 aromatic carbocycles. The Bertz CT molecular complexity index is 555. The number of carbonyl (C=O) groups is 1. The van der Waals surface area contributed by atoms with E-state index in [9.17, 15) is 9.18 Å². The minimum atomic E-state index is -0.277. The second-order valence-electron chi connectivity index (χ2n) is 4.76. The Labute approximate surface area is 122 Å². The maximum Gasteiger partial charge on any atom is 0.220 e. The van der Waals surface area contributed by atoms with Crippen molar-refractivity contribution in [3.8, 4) is 0 Å². The molecule has 6 nitrogen and oxygen atoms in total. The van der Waals surface area contributed by atoms with Crippen molar-refractivity contribution in [3.05, 3.63) is 42.0 Å². The number of aromatic nitrogens is 4.